The van der Waals surface area contributed by atoms with Crippen LogP contribution in [-0.4, -0.2) is 52.9 Å². The van der Waals surface area contributed by atoms with Gasteiger partial charge in [0, 0.05) is 30.6 Å². The van der Waals surface area contributed by atoms with Crippen LogP contribution in [0.4, 0.5) is 8.78 Å². The molecule has 1 saturated carbocycles. The second kappa shape index (κ2) is 8.38. The molecule has 33 heavy (non-hydrogen) atoms. The Kier molecular flexibility index (Phi) is 5.80. The van der Waals surface area contributed by atoms with Gasteiger partial charge in [0.1, 0.15) is 22.3 Å². The fraction of sp³-hybridized carbons (Fsp3) is 0.526. The Labute approximate surface area is 197 Å². The van der Waals surface area contributed by atoms with E-state index in [-0.39, 0.29) is 32.7 Å². The number of imidazole rings is 1. The van der Waals surface area contributed by atoms with Crippen LogP contribution in [0.25, 0.3) is 16.3 Å². The first-order valence-corrected chi connectivity index (χ1v) is 12.9. The van der Waals surface area contributed by atoms with E-state index in [0.29, 0.717) is 42.9 Å². The summed E-state index contributed by atoms with van der Waals surface area (Å²) < 4.78 is 68.1. The Bertz CT molecular complexity index is 1300. The van der Waals surface area contributed by atoms with E-state index in [0.717, 1.165) is 12.8 Å². The molecule has 0 spiro atoms. The number of nitrogens with one attached hydrogen (secondary N) is 1. The van der Waals surface area contributed by atoms with Gasteiger partial charge in [0.2, 0.25) is 10.0 Å². The van der Waals surface area contributed by atoms with Gasteiger partial charge in [-0.15, -0.1) is 10.2 Å². The largest absolute Gasteiger partial charge is 0.488 e. The highest BCUT2D eigenvalue weighted by Crippen LogP contribution is 2.39. The Balaban J connectivity index is 1.65. The van der Waals surface area contributed by atoms with Crippen molar-refractivity contribution in [3.63, 3.8) is 0 Å². The molecule has 1 saturated heterocycles. The lowest BCUT2D eigenvalue weighted by atomic mass is 10.1. The van der Waals surface area contributed by atoms with Crippen molar-refractivity contribution in [1.29, 1.82) is 0 Å². The number of halogens is 3. The lowest BCUT2D eigenvalue weighted by Gasteiger charge is -2.24. The van der Waals surface area contributed by atoms with Crippen LogP contribution in [0, 0.1) is 0 Å². The topological polar surface area (TPSA) is 108 Å². The number of fused-ring (bicyclic) bond motifs is 1. The minimum atomic E-state index is -3.91. The van der Waals surface area contributed by atoms with Crippen LogP contribution in [-0.2, 0) is 14.8 Å². The summed E-state index contributed by atoms with van der Waals surface area (Å²) in [5.41, 5.74) is -0.167. The number of aromatic nitrogens is 4. The summed E-state index contributed by atoms with van der Waals surface area (Å²) in [6.07, 6.45) is 1.10. The van der Waals surface area contributed by atoms with Crippen LogP contribution in [0.3, 0.4) is 0 Å². The predicted molar refractivity (Wildman–Crippen MR) is 116 cm³/mol. The minimum Gasteiger partial charge on any atom is -0.488 e. The Morgan fingerprint density at radius 3 is 2.70 bits per heavy atom. The number of rotatable bonds is 7. The molecule has 1 aliphatic heterocycles. The molecule has 178 valence electrons. The molecule has 3 aromatic rings. The molecule has 0 aromatic carbocycles. The van der Waals surface area contributed by atoms with E-state index in [1.165, 1.54) is 16.7 Å². The van der Waals surface area contributed by atoms with Crippen molar-refractivity contribution < 1.29 is 26.7 Å². The predicted octanol–water partition coefficient (Wildman–Crippen LogP) is 3.83. The van der Waals surface area contributed by atoms with Gasteiger partial charge in [-0.1, -0.05) is 22.9 Å². The number of pyridine rings is 1. The highest BCUT2D eigenvalue weighted by atomic mass is 35.5. The van der Waals surface area contributed by atoms with E-state index in [4.69, 9.17) is 21.1 Å². The zero-order valence-electron chi connectivity index (χ0n) is 17.4. The highest BCUT2D eigenvalue weighted by Gasteiger charge is 2.41. The minimum absolute atomic E-state index is 0.0342. The van der Waals surface area contributed by atoms with E-state index >= 15 is 0 Å². The first-order chi connectivity index (χ1) is 15.7. The smallest absolute Gasteiger partial charge is 0.291 e. The summed E-state index contributed by atoms with van der Waals surface area (Å²) >= 11 is 7.07. The first kappa shape index (κ1) is 22.8. The average Bonchev–Trinajstić information content (AvgIpc) is 3.15. The standard InChI is InChI=1S/C19H20ClF2N5O4S2/c1-19(4-5-19)26-33(28,29)11-8-12(31-10-2-6-30-7-3-10)13-14(20)23-16(27(13)9-11)18-25-24-17(32-18)15(21)22/h8-10,15,26H,2-7H2,1H3. The number of nitrogens with zero attached hydrogens (tertiary/aromatic N) is 4. The monoisotopic (exact) mass is 519 g/mol. The van der Waals surface area contributed by atoms with Gasteiger partial charge in [-0.25, -0.2) is 26.9 Å². The summed E-state index contributed by atoms with van der Waals surface area (Å²) in [7, 11) is -3.91. The normalized spacial score (nSPS) is 18.8. The summed E-state index contributed by atoms with van der Waals surface area (Å²) in [5.74, 6) is 0.332. The molecular formula is C19H20ClF2N5O4S2. The third-order valence-corrected chi connectivity index (χ3v) is 8.40. The van der Waals surface area contributed by atoms with Crippen LogP contribution < -0.4 is 9.46 Å². The molecule has 0 bridgehead atoms. The van der Waals surface area contributed by atoms with E-state index < -0.39 is 27.0 Å². The fourth-order valence-corrected chi connectivity index (χ4v) is 5.99. The second-order valence-electron chi connectivity index (χ2n) is 8.33. The molecule has 1 aliphatic carbocycles. The molecule has 4 heterocycles. The van der Waals surface area contributed by atoms with Crippen molar-refractivity contribution in [3.8, 4) is 16.6 Å². The number of sulfonamides is 1. The maximum absolute atomic E-state index is 13.1. The average molecular weight is 520 g/mol. The molecule has 5 rings (SSSR count). The Hall–Kier alpha value is -1.93. The molecule has 3 aromatic heterocycles. The van der Waals surface area contributed by atoms with E-state index in [1.54, 1.807) is 0 Å². The van der Waals surface area contributed by atoms with Gasteiger partial charge in [0.15, 0.2) is 21.0 Å². The molecular weight excluding hydrogens is 500 g/mol. The van der Waals surface area contributed by atoms with Crippen molar-refractivity contribution in [1.82, 2.24) is 24.3 Å². The summed E-state index contributed by atoms with van der Waals surface area (Å²) in [4.78, 5) is 4.21. The Morgan fingerprint density at radius 2 is 2.06 bits per heavy atom. The highest BCUT2D eigenvalue weighted by molar-refractivity contribution is 7.89. The summed E-state index contributed by atoms with van der Waals surface area (Å²) in [6.45, 7) is 2.88. The van der Waals surface area contributed by atoms with Crippen LogP contribution in [0.5, 0.6) is 5.75 Å². The number of alkyl halides is 2. The van der Waals surface area contributed by atoms with E-state index in [9.17, 15) is 17.2 Å². The van der Waals surface area contributed by atoms with Gasteiger partial charge in [0.25, 0.3) is 6.43 Å². The van der Waals surface area contributed by atoms with Gasteiger partial charge in [0.05, 0.1) is 13.2 Å². The molecule has 2 fully saturated rings. The van der Waals surface area contributed by atoms with Crippen LogP contribution >= 0.6 is 22.9 Å². The van der Waals surface area contributed by atoms with Gasteiger partial charge in [-0.3, -0.25) is 4.40 Å². The molecule has 9 nitrogen and oxygen atoms in total. The third kappa shape index (κ3) is 4.56. The molecule has 0 amide bonds. The van der Waals surface area contributed by atoms with Gasteiger partial charge in [-0.2, -0.15) is 0 Å². The SMILES string of the molecule is CC1(NS(=O)(=O)c2cc(OC3CCOCC3)c3c(Cl)nc(-c4nnc(C(F)F)s4)n3c2)CC1. The third-order valence-electron chi connectivity index (χ3n) is 5.60. The molecule has 0 atom stereocenters. The molecule has 1 N–H and O–H groups in total. The zero-order valence-corrected chi connectivity index (χ0v) is 19.8. The molecule has 0 radical (unpaired) electrons. The zero-order chi connectivity index (χ0) is 23.4. The van der Waals surface area contributed by atoms with Gasteiger partial charge >= 0.3 is 0 Å². The molecule has 0 unspecified atom stereocenters. The number of ether oxygens (including phenoxy) is 2. The van der Waals surface area contributed by atoms with Gasteiger partial charge in [-0.05, 0) is 19.8 Å². The van der Waals surface area contributed by atoms with Gasteiger partial charge < -0.3 is 9.47 Å². The van der Waals surface area contributed by atoms with Crippen molar-refractivity contribution >= 4 is 38.5 Å². The maximum Gasteiger partial charge on any atom is 0.291 e. The Morgan fingerprint density at radius 1 is 1.33 bits per heavy atom. The fourth-order valence-electron chi connectivity index (χ4n) is 3.56. The van der Waals surface area contributed by atoms with Crippen molar-refractivity contribution in [2.75, 3.05) is 13.2 Å². The number of hydrogen-bond donors (Lipinski definition) is 1. The van der Waals surface area contributed by atoms with Crippen molar-refractivity contribution in [2.45, 2.75) is 55.6 Å². The van der Waals surface area contributed by atoms with Crippen LogP contribution in [0.2, 0.25) is 5.15 Å². The number of hydrogen-bond acceptors (Lipinski definition) is 8. The maximum atomic E-state index is 13.1. The molecule has 14 heteroatoms. The lowest BCUT2D eigenvalue weighted by Crippen LogP contribution is -2.34. The second-order valence-corrected chi connectivity index (χ2v) is 11.4. The lowest BCUT2D eigenvalue weighted by molar-refractivity contribution is 0.0259. The van der Waals surface area contributed by atoms with Crippen molar-refractivity contribution in [2.24, 2.45) is 0 Å². The molecule has 2 aliphatic rings. The summed E-state index contributed by atoms with van der Waals surface area (Å²) in [5, 5.41) is 6.95. The van der Waals surface area contributed by atoms with Crippen LogP contribution in [0.1, 0.15) is 44.0 Å². The first-order valence-electron chi connectivity index (χ1n) is 10.3. The van der Waals surface area contributed by atoms with E-state index in [1.807, 2.05) is 6.92 Å². The summed E-state index contributed by atoms with van der Waals surface area (Å²) in [6, 6.07) is 1.42. The van der Waals surface area contributed by atoms with E-state index in [2.05, 4.69) is 19.9 Å². The van der Waals surface area contributed by atoms with Crippen molar-refractivity contribution in [3.05, 3.63) is 22.4 Å². The van der Waals surface area contributed by atoms with Crippen LogP contribution in [0.15, 0.2) is 17.2 Å². The quantitative estimate of drug-likeness (QED) is 0.505.